The highest BCUT2D eigenvalue weighted by Gasteiger charge is 2.16. The van der Waals surface area contributed by atoms with Gasteiger partial charge in [-0.05, 0) is 69.2 Å². The molecule has 0 saturated heterocycles. The molecule has 34 heavy (non-hydrogen) atoms. The topological polar surface area (TPSA) is 101 Å². The Bertz CT molecular complexity index is 1410. The second-order valence-electron chi connectivity index (χ2n) is 8.06. The summed E-state index contributed by atoms with van der Waals surface area (Å²) >= 11 is 0. The summed E-state index contributed by atoms with van der Waals surface area (Å²) in [5.41, 5.74) is 4.50. The second kappa shape index (κ2) is 9.43. The highest BCUT2D eigenvalue weighted by molar-refractivity contribution is 5.90. The molecule has 0 amide bonds. The van der Waals surface area contributed by atoms with Crippen LogP contribution in [-0.4, -0.2) is 18.2 Å². The normalized spacial score (nSPS) is 11.0. The maximum Gasteiger partial charge on any atom is 0.338 e. The standard InChI is InChI=1S/C26H25NO7/c1-14-8-20-19(11-25(28)33-23(20)9-15(14)2)12-32-26(29)18-6-7-22(24(10-18)30-5)31-13-21-16(3)27-34-17(21)4/h6-11H,12-13H2,1-5H3. The maximum atomic E-state index is 12.7. The molecular weight excluding hydrogens is 438 g/mol. The Morgan fingerprint density at radius 2 is 1.74 bits per heavy atom. The zero-order chi connectivity index (χ0) is 24.4. The number of carbonyl (C=O) groups is 1. The summed E-state index contributed by atoms with van der Waals surface area (Å²) in [6, 6.07) is 9.87. The maximum absolute atomic E-state index is 12.7. The number of hydrogen-bond donors (Lipinski definition) is 0. The molecule has 2 aromatic carbocycles. The van der Waals surface area contributed by atoms with Crippen molar-refractivity contribution in [2.24, 2.45) is 0 Å². The molecular formula is C26H25NO7. The largest absolute Gasteiger partial charge is 0.493 e. The molecule has 0 unspecified atom stereocenters. The Hall–Kier alpha value is -4.07. The number of esters is 1. The quantitative estimate of drug-likeness (QED) is 0.280. The molecule has 176 valence electrons. The monoisotopic (exact) mass is 463 g/mol. The van der Waals surface area contributed by atoms with Crippen LogP contribution in [0, 0.1) is 27.7 Å². The first-order chi connectivity index (χ1) is 16.3. The molecule has 0 atom stereocenters. The summed E-state index contributed by atoms with van der Waals surface area (Å²) in [5, 5.41) is 4.65. The molecule has 8 heteroatoms. The zero-order valence-corrected chi connectivity index (χ0v) is 19.7. The van der Waals surface area contributed by atoms with Gasteiger partial charge in [-0.15, -0.1) is 0 Å². The Labute approximate surface area is 196 Å². The van der Waals surface area contributed by atoms with Gasteiger partial charge >= 0.3 is 11.6 Å². The van der Waals surface area contributed by atoms with Crippen molar-refractivity contribution in [2.45, 2.75) is 40.9 Å². The van der Waals surface area contributed by atoms with E-state index in [1.165, 1.54) is 13.2 Å². The molecule has 2 aromatic heterocycles. The van der Waals surface area contributed by atoms with Crippen molar-refractivity contribution < 1.29 is 27.9 Å². The minimum Gasteiger partial charge on any atom is -0.493 e. The summed E-state index contributed by atoms with van der Waals surface area (Å²) in [6.07, 6.45) is 0. The van der Waals surface area contributed by atoms with Gasteiger partial charge in [-0.3, -0.25) is 0 Å². The average Bonchev–Trinajstić information content (AvgIpc) is 3.13. The molecule has 0 spiro atoms. The van der Waals surface area contributed by atoms with Crippen LogP contribution in [-0.2, 0) is 18.0 Å². The molecule has 0 aliphatic heterocycles. The van der Waals surface area contributed by atoms with E-state index in [2.05, 4.69) is 5.16 Å². The fraction of sp³-hybridized carbons (Fsp3) is 0.269. The molecule has 0 aliphatic carbocycles. The van der Waals surface area contributed by atoms with Crippen molar-refractivity contribution >= 4 is 16.9 Å². The number of methoxy groups -OCH3 is 1. The van der Waals surface area contributed by atoms with Gasteiger partial charge in [0.2, 0.25) is 0 Å². The number of carbonyl (C=O) groups excluding carboxylic acids is 1. The third-order valence-electron chi connectivity index (χ3n) is 5.76. The van der Waals surface area contributed by atoms with Gasteiger partial charge < -0.3 is 23.2 Å². The van der Waals surface area contributed by atoms with Gasteiger partial charge in [0.1, 0.15) is 24.6 Å². The van der Waals surface area contributed by atoms with E-state index in [0.29, 0.717) is 34.0 Å². The summed E-state index contributed by atoms with van der Waals surface area (Å²) in [7, 11) is 1.49. The van der Waals surface area contributed by atoms with Crippen molar-refractivity contribution in [3.63, 3.8) is 0 Å². The van der Waals surface area contributed by atoms with Gasteiger partial charge in [-0.25, -0.2) is 9.59 Å². The third-order valence-corrected chi connectivity index (χ3v) is 5.76. The van der Waals surface area contributed by atoms with Crippen molar-refractivity contribution in [2.75, 3.05) is 7.11 Å². The van der Waals surface area contributed by atoms with E-state index in [1.807, 2.05) is 39.8 Å². The summed E-state index contributed by atoms with van der Waals surface area (Å²) < 4.78 is 27.2. The van der Waals surface area contributed by atoms with E-state index in [9.17, 15) is 9.59 Å². The van der Waals surface area contributed by atoms with Crippen LogP contribution < -0.4 is 15.1 Å². The SMILES string of the molecule is COc1cc(C(=O)OCc2cc(=O)oc3cc(C)c(C)cc23)ccc1OCc1c(C)noc1C. The lowest BCUT2D eigenvalue weighted by Gasteiger charge is -2.12. The van der Waals surface area contributed by atoms with Gasteiger partial charge in [0, 0.05) is 17.0 Å². The van der Waals surface area contributed by atoms with Gasteiger partial charge in [0.05, 0.1) is 23.9 Å². The number of hydrogen-bond acceptors (Lipinski definition) is 8. The summed E-state index contributed by atoms with van der Waals surface area (Å²) in [5.74, 6) is 0.986. The van der Waals surface area contributed by atoms with Gasteiger partial charge in [0.15, 0.2) is 11.5 Å². The van der Waals surface area contributed by atoms with E-state index < -0.39 is 11.6 Å². The molecule has 0 bridgehead atoms. The number of benzene rings is 2. The van der Waals surface area contributed by atoms with Crippen molar-refractivity contribution in [3.05, 3.63) is 86.1 Å². The van der Waals surface area contributed by atoms with Gasteiger partial charge in [-0.1, -0.05) is 5.16 Å². The number of aryl methyl sites for hydroxylation is 4. The van der Waals surface area contributed by atoms with Crippen molar-refractivity contribution in [1.82, 2.24) is 5.16 Å². The number of aromatic nitrogens is 1. The number of rotatable bonds is 7. The number of fused-ring (bicyclic) bond motifs is 1. The first kappa shape index (κ1) is 23.1. The van der Waals surface area contributed by atoms with Crippen LogP contribution >= 0.6 is 0 Å². The van der Waals surface area contributed by atoms with E-state index in [1.54, 1.807) is 18.2 Å². The summed E-state index contributed by atoms with van der Waals surface area (Å²) in [6.45, 7) is 7.75. The second-order valence-corrected chi connectivity index (χ2v) is 8.06. The molecule has 0 fully saturated rings. The van der Waals surface area contributed by atoms with Gasteiger partial charge in [-0.2, -0.15) is 0 Å². The van der Waals surface area contributed by atoms with Crippen LogP contribution in [0.1, 0.15) is 44.1 Å². The molecule has 4 rings (SSSR count). The third kappa shape index (κ3) is 4.66. The Morgan fingerprint density at radius 1 is 0.971 bits per heavy atom. The van der Waals surface area contributed by atoms with Crippen LogP contribution in [0.15, 0.2) is 50.1 Å². The Kier molecular flexibility index (Phi) is 6.40. The van der Waals surface area contributed by atoms with Crippen LogP contribution in [0.4, 0.5) is 0 Å². The predicted octanol–water partition coefficient (Wildman–Crippen LogP) is 4.96. The predicted molar refractivity (Wildman–Crippen MR) is 124 cm³/mol. The molecule has 0 saturated carbocycles. The van der Waals surface area contributed by atoms with E-state index in [0.717, 1.165) is 27.8 Å². The van der Waals surface area contributed by atoms with Crippen LogP contribution in [0.3, 0.4) is 0 Å². The number of ether oxygens (including phenoxy) is 3. The minimum absolute atomic E-state index is 0.0734. The van der Waals surface area contributed by atoms with Crippen LogP contribution in [0.2, 0.25) is 0 Å². The molecule has 8 nitrogen and oxygen atoms in total. The van der Waals surface area contributed by atoms with Crippen LogP contribution in [0.5, 0.6) is 11.5 Å². The van der Waals surface area contributed by atoms with Gasteiger partial charge in [0.25, 0.3) is 0 Å². The van der Waals surface area contributed by atoms with E-state index in [-0.39, 0.29) is 13.2 Å². The average molecular weight is 463 g/mol. The van der Waals surface area contributed by atoms with Crippen molar-refractivity contribution in [1.29, 1.82) is 0 Å². The highest BCUT2D eigenvalue weighted by atomic mass is 16.5. The number of nitrogens with zero attached hydrogens (tertiary/aromatic N) is 1. The lowest BCUT2D eigenvalue weighted by Crippen LogP contribution is -2.09. The molecule has 0 radical (unpaired) electrons. The molecule has 0 N–H and O–H groups in total. The first-order valence-electron chi connectivity index (χ1n) is 10.7. The Morgan fingerprint density at radius 3 is 2.44 bits per heavy atom. The Balaban J connectivity index is 1.50. The molecule has 2 heterocycles. The lowest BCUT2D eigenvalue weighted by atomic mass is 10.0. The molecule has 4 aromatic rings. The smallest absolute Gasteiger partial charge is 0.338 e. The fourth-order valence-electron chi connectivity index (χ4n) is 3.60. The zero-order valence-electron chi connectivity index (χ0n) is 19.7. The van der Waals surface area contributed by atoms with E-state index >= 15 is 0 Å². The summed E-state index contributed by atoms with van der Waals surface area (Å²) in [4.78, 5) is 24.7. The first-order valence-corrected chi connectivity index (χ1v) is 10.7. The lowest BCUT2D eigenvalue weighted by molar-refractivity contribution is 0.0473. The van der Waals surface area contributed by atoms with Crippen LogP contribution in [0.25, 0.3) is 11.0 Å². The minimum atomic E-state index is -0.555. The highest BCUT2D eigenvalue weighted by Crippen LogP contribution is 2.30. The van der Waals surface area contributed by atoms with Crippen molar-refractivity contribution in [3.8, 4) is 11.5 Å². The molecule has 0 aliphatic rings. The van der Waals surface area contributed by atoms with E-state index in [4.69, 9.17) is 23.2 Å². The fourth-order valence-corrected chi connectivity index (χ4v) is 3.60.